The quantitative estimate of drug-likeness (QED) is 0.169. The van der Waals surface area contributed by atoms with Crippen LogP contribution in [0.3, 0.4) is 0 Å². The van der Waals surface area contributed by atoms with Crippen molar-refractivity contribution in [2.45, 2.75) is 37.5 Å². The lowest BCUT2D eigenvalue weighted by Gasteiger charge is -2.31. The van der Waals surface area contributed by atoms with Gasteiger partial charge in [-0.15, -0.1) is 0 Å². The summed E-state index contributed by atoms with van der Waals surface area (Å²) in [7, 11) is 0. The summed E-state index contributed by atoms with van der Waals surface area (Å²) < 4.78 is 0. The summed E-state index contributed by atoms with van der Waals surface area (Å²) in [5, 5.41) is 2.52. The van der Waals surface area contributed by atoms with E-state index in [1.54, 1.807) is 0 Å². The molecule has 59 heavy (non-hydrogen) atoms. The van der Waals surface area contributed by atoms with Crippen LogP contribution in [0.5, 0.6) is 0 Å². The summed E-state index contributed by atoms with van der Waals surface area (Å²) in [5.74, 6) is 0. The maximum atomic E-state index is 2.54. The minimum absolute atomic E-state index is 0.108. The van der Waals surface area contributed by atoms with Crippen LogP contribution >= 0.6 is 0 Å². The van der Waals surface area contributed by atoms with Crippen molar-refractivity contribution in [3.63, 3.8) is 0 Å². The minimum Gasteiger partial charge on any atom is -0.310 e. The zero-order valence-corrected chi connectivity index (χ0v) is 33.4. The van der Waals surface area contributed by atoms with Crippen LogP contribution < -0.4 is 4.90 Å². The molecule has 9 aromatic carbocycles. The highest BCUT2D eigenvalue weighted by molar-refractivity contribution is 5.91. The highest BCUT2D eigenvalue weighted by Gasteiger charge is 2.47. The van der Waals surface area contributed by atoms with Gasteiger partial charge in [0.25, 0.3) is 0 Å². The number of fused-ring (bicyclic) bond motifs is 10. The first-order valence-corrected chi connectivity index (χ1v) is 21.0. The molecule has 280 valence electrons. The van der Waals surface area contributed by atoms with Gasteiger partial charge in [-0.05, 0) is 150 Å². The molecule has 9 aromatic rings. The molecule has 0 unspecified atom stereocenters. The Bertz CT molecular complexity index is 3110. The van der Waals surface area contributed by atoms with Crippen LogP contribution in [0.4, 0.5) is 17.1 Å². The molecule has 12 rings (SSSR count). The Kier molecular flexibility index (Phi) is 7.38. The fourth-order valence-electron chi connectivity index (χ4n) is 10.9. The number of hydrogen-bond acceptors (Lipinski definition) is 1. The summed E-state index contributed by atoms with van der Waals surface area (Å²) in [6, 6.07) is 75.2. The van der Waals surface area contributed by atoms with Gasteiger partial charge in [0.1, 0.15) is 0 Å². The van der Waals surface area contributed by atoms with Crippen molar-refractivity contribution in [1.29, 1.82) is 0 Å². The molecule has 0 heterocycles. The molecule has 0 saturated carbocycles. The Hall–Kier alpha value is -6.96. The van der Waals surface area contributed by atoms with Crippen molar-refractivity contribution < 1.29 is 0 Å². The number of rotatable bonds is 5. The van der Waals surface area contributed by atoms with Crippen molar-refractivity contribution in [3.8, 4) is 44.5 Å². The van der Waals surface area contributed by atoms with Crippen LogP contribution in [-0.2, 0) is 23.7 Å². The monoisotopic (exact) mass is 753 g/mol. The predicted octanol–water partition coefficient (Wildman–Crippen LogP) is 15.0. The molecule has 0 N–H and O–H groups in total. The maximum absolute atomic E-state index is 2.54. The first-order valence-electron chi connectivity index (χ1n) is 21.0. The summed E-state index contributed by atoms with van der Waals surface area (Å²) in [5.41, 5.74) is 22.2. The molecule has 1 nitrogen and oxygen atoms in total. The van der Waals surface area contributed by atoms with Gasteiger partial charge in [0.15, 0.2) is 0 Å². The Morgan fingerprint density at radius 2 is 0.831 bits per heavy atom. The molecule has 3 aliphatic rings. The van der Waals surface area contributed by atoms with Gasteiger partial charge in [0, 0.05) is 27.9 Å². The van der Waals surface area contributed by atoms with Gasteiger partial charge in [-0.1, -0.05) is 166 Å². The second-order valence-corrected chi connectivity index (χ2v) is 17.4. The fraction of sp³-hybridized carbons (Fsp3) is 0.103. The average Bonchev–Trinajstić information content (AvgIpc) is 3.89. The zero-order valence-electron chi connectivity index (χ0n) is 33.4. The van der Waals surface area contributed by atoms with Gasteiger partial charge in [-0.3, -0.25) is 0 Å². The van der Waals surface area contributed by atoms with Crippen molar-refractivity contribution in [3.05, 3.63) is 234 Å². The van der Waals surface area contributed by atoms with E-state index in [2.05, 4.69) is 219 Å². The molecule has 0 aliphatic heterocycles. The largest absolute Gasteiger partial charge is 0.310 e. The van der Waals surface area contributed by atoms with E-state index in [9.17, 15) is 0 Å². The highest BCUT2D eigenvalue weighted by atomic mass is 15.1. The number of benzene rings is 9. The van der Waals surface area contributed by atoms with E-state index in [1.807, 2.05) is 0 Å². The van der Waals surface area contributed by atoms with Crippen LogP contribution in [0.2, 0.25) is 0 Å². The summed E-state index contributed by atoms with van der Waals surface area (Å²) in [4.78, 5) is 2.50. The summed E-state index contributed by atoms with van der Waals surface area (Å²) >= 11 is 0. The second-order valence-electron chi connectivity index (χ2n) is 17.4. The van der Waals surface area contributed by atoms with Crippen LogP contribution in [0.15, 0.2) is 200 Å². The van der Waals surface area contributed by atoms with E-state index in [0.29, 0.717) is 0 Å². The normalized spacial score (nSPS) is 14.7. The van der Waals surface area contributed by atoms with Crippen LogP contribution in [0.1, 0.15) is 47.2 Å². The molecule has 0 amide bonds. The first kappa shape index (κ1) is 34.1. The van der Waals surface area contributed by atoms with E-state index < -0.39 is 0 Å². The Balaban J connectivity index is 1.03. The van der Waals surface area contributed by atoms with Gasteiger partial charge < -0.3 is 4.90 Å². The van der Waals surface area contributed by atoms with Gasteiger partial charge in [0.05, 0.1) is 0 Å². The number of anilines is 3. The molecule has 1 spiro atoms. The first-order chi connectivity index (χ1) is 28.9. The van der Waals surface area contributed by atoms with Gasteiger partial charge >= 0.3 is 0 Å². The van der Waals surface area contributed by atoms with E-state index in [1.165, 1.54) is 100 Å². The predicted molar refractivity (Wildman–Crippen MR) is 247 cm³/mol. The second kappa shape index (κ2) is 12.8. The third-order valence-corrected chi connectivity index (χ3v) is 13.8. The zero-order chi connectivity index (χ0) is 39.3. The van der Waals surface area contributed by atoms with E-state index in [0.717, 1.165) is 18.5 Å². The lowest BCUT2D eigenvalue weighted by molar-refractivity contribution is 0.564. The third kappa shape index (κ3) is 5.17. The molecule has 3 aliphatic carbocycles. The van der Waals surface area contributed by atoms with Crippen LogP contribution in [-0.4, -0.2) is 0 Å². The highest BCUT2D eigenvalue weighted by Crippen LogP contribution is 2.58. The van der Waals surface area contributed by atoms with Crippen LogP contribution in [0.25, 0.3) is 55.3 Å². The molecule has 0 radical (unpaired) electrons. The fourth-order valence-corrected chi connectivity index (χ4v) is 10.9. The lowest BCUT2D eigenvalue weighted by Crippen LogP contribution is -2.26. The topological polar surface area (TPSA) is 3.24 Å². The molecule has 1 heteroatoms. The van der Waals surface area contributed by atoms with Gasteiger partial charge in [-0.25, -0.2) is 0 Å². The van der Waals surface area contributed by atoms with Crippen LogP contribution in [0, 0.1) is 0 Å². The SMILES string of the molecule is CC1(C)c2ccccc2-c2ccc(N(c3ccc(-c4ccc5ccccc5c4)cc3)c3ccc4c(c3)C3(Cc5ccccc5C3)c3cc(-c5ccccc5)ccc3-4)cc21. The molecule has 0 bridgehead atoms. The Labute approximate surface area is 346 Å². The van der Waals surface area contributed by atoms with Crippen molar-refractivity contribution >= 4 is 27.8 Å². The molecular weight excluding hydrogens is 711 g/mol. The summed E-state index contributed by atoms with van der Waals surface area (Å²) in [6.45, 7) is 4.75. The molecule has 0 aromatic heterocycles. The Morgan fingerprint density at radius 3 is 1.58 bits per heavy atom. The lowest BCUT2D eigenvalue weighted by atomic mass is 9.75. The minimum atomic E-state index is -0.150. The molecule has 0 atom stereocenters. The molecule has 0 saturated heterocycles. The van der Waals surface area contributed by atoms with Gasteiger partial charge in [-0.2, -0.15) is 0 Å². The van der Waals surface area contributed by atoms with E-state index in [4.69, 9.17) is 0 Å². The van der Waals surface area contributed by atoms with Crippen molar-refractivity contribution in [1.82, 2.24) is 0 Å². The number of nitrogens with zero attached hydrogens (tertiary/aromatic N) is 1. The Morgan fingerprint density at radius 1 is 0.339 bits per heavy atom. The molecule has 0 fully saturated rings. The smallest absolute Gasteiger partial charge is 0.0465 e. The van der Waals surface area contributed by atoms with Crippen molar-refractivity contribution in [2.24, 2.45) is 0 Å². The number of hydrogen-bond donors (Lipinski definition) is 0. The average molecular weight is 754 g/mol. The van der Waals surface area contributed by atoms with Crippen molar-refractivity contribution in [2.75, 3.05) is 4.90 Å². The maximum Gasteiger partial charge on any atom is 0.0465 e. The summed E-state index contributed by atoms with van der Waals surface area (Å²) in [6.07, 6.45) is 1.99. The van der Waals surface area contributed by atoms with E-state index >= 15 is 0 Å². The van der Waals surface area contributed by atoms with E-state index in [-0.39, 0.29) is 10.8 Å². The van der Waals surface area contributed by atoms with Gasteiger partial charge in [0.2, 0.25) is 0 Å². The third-order valence-electron chi connectivity index (χ3n) is 13.8. The molecular formula is C58H43N. The standard InChI is InChI=1S/C58H43N/c1-57(2)53-19-11-10-18-49(53)50-30-27-47(34-54(50)57)59(46-25-22-40(23-26-46)42-21-20-39-14-6-7-15-41(39)32-42)48-28-31-52-51-29-24-43(38-12-4-3-5-13-38)33-55(51)58(56(52)35-48)36-44-16-8-9-17-45(44)37-58/h3-35H,36-37H2,1-2H3.